The van der Waals surface area contributed by atoms with Crippen LogP contribution in [0.1, 0.15) is 12.8 Å². The molecular weight excluding hydrogens is 382 g/mol. The summed E-state index contributed by atoms with van der Waals surface area (Å²) in [6, 6.07) is 0.127. The molecule has 0 atom stereocenters. The summed E-state index contributed by atoms with van der Waals surface area (Å²) >= 11 is 6.29. The number of rotatable bonds is 6. The van der Waals surface area contributed by atoms with Crippen molar-refractivity contribution >= 4 is 40.2 Å². The van der Waals surface area contributed by atoms with Crippen molar-refractivity contribution in [2.75, 3.05) is 12.4 Å². The SMILES string of the molecule is C=CC(=O)N(C)C1CC(Oc2nc(Nc3cnn(C)c3)nc3[nH]cc(Cl)c23)C1. The molecule has 1 amide bonds. The van der Waals surface area contributed by atoms with Crippen molar-refractivity contribution in [3.05, 3.63) is 36.3 Å². The van der Waals surface area contributed by atoms with E-state index in [1.165, 1.54) is 6.08 Å². The van der Waals surface area contributed by atoms with E-state index in [2.05, 4.69) is 31.9 Å². The van der Waals surface area contributed by atoms with E-state index in [-0.39, 0.29) is 18.1 Å². The maximum absolute atomic E-state index is 11.7. The summed E-state index contributed by atoms with van der Waals surface area (Å²) in [6.07, 6.45) is 7.85. The number of nitrogens with zero attached hydrogens (tertiary/aromatic N) is 5. The van der Waals surface area contributed by atoms with Crippen LogP contribution < -0.4 is 10.1 Å². The van der Waals surface area contributed by atoms with Crippen molar-refractivity contribution in [1.82, 2.24) is 29.6 Å². The van der Waals surface area contributed by atoms with Crippen LogP contribution in [-0.4, -0.2) is 54.7 Å². The van der Waals surface area contributed by atoms with Crippen molar-refractivity contribution in [2.24, 2.45) is 7.05 Å². The first kappa shape index (κ1) is 18.3. The second-order valence-corrected chi connectivity index (χ2v) is 7.17. The molecule has 0 aromatic carbocycles. The lowest BCUT2D eigenvalue weighted by Gasteiger charge is -2.40. The summed E-state index contributed by atoms with van der Waals surface area (Å²) in [5, 5.41) is 8.36. The lowest BCUT2D eigenvalue weighted by Crippen LogP contribution is -2.49. The van der Waals surface area contributed by atoms with Gasteiger partial charge in [0, 0.05) is 45.4 Å². The van der Waals surface area contributed by atoms with Gasteiger partial charge in [-0.3, -0.25) is 9.48 Å². The minimum Gasteiger partial charge on any atom is -0.474 e. The quantitative estimate of drug-likeness (QED) is 0.616. The van der Waals surface area contributed by atoms with Crippen LogP contribution in [0.2, 0.25) is 5.02 Å². The number of likely N-dealkylation sites (N-methyl/N-ethyl adjacent to an activating group) is 1. The Morgan fingerprint density at radius 1 is 1.50 bits per heavy atom. The number of anilines is 2. The van der Waals surface area contributed by atoms with Crippen LogP contribution in [-0.2, 0) is 11.8 Å². The van der Waals surface area contributed by atoms with Gasteiger partial charge in [-0.15, -0.1) is 0 Å². The summed E-state index contributed by atoms with van der Waals surface area (Å²) in [5.74, 6) is 0.692. The van der Waals surface area contributed by atoms with E-state index in [0.29, 0.717) is 27.9 Å². The van der Waals surface area contributed by atoms with Gasteiger partial charge in [0.1, 0.15) is 11.8 Å². The number of ether oxygens (including phenoxy) is 1. The minimum atomic E-state index is -0.0930. The zero-order valence-corrected chi connectivity index (χ0v) is 16.3. The number of carbonyl (C=O) groups excluding carboxylic acids is 1. The molecule has 1 aliphatic carbocycles. The molecule has 4 rings (SSSR count). The van der Waals surface area contributed by atoms with Crippen molar-refractivity contribution < 1.29 is 9.53 Å². The van der Waals surface area contributed by atoms with Crippen LogP contribution >= 0.6 is 11.6 Å². The van der Waals surface area contributed by atoms with E-state index in [1.54, 1.807) is 29.0 Å². The van der Waals surface area contributed by atoms with Gasteiger partial charge in [-0.05, 0) is 6.08 Å². The predicted octanol–water partition coefficient (Wildman–Crippen LogP) is 2.64. The van der Waals surface area contributed by atoms with E-state index < -0.39 is 0 Å². The fourth-order valence-corrected chi connectivity index (χ4v) is 3.38. The molecule has 146 valence electrons. The van der Waals surface area contributed by atoms with E-state index >= 15 is 0 Å². The fourth-order valence-electron chi connectivity index (χ4n) is 3.15. The van der Waals surface area contributed by atoms with Crippen LogP contribution in [0.4, 0.5) is 11.6 Å². The normalized spacial score (nSPS) is 18.5. The molecule has 10 heteroatoms. The number of fused-ring (bicyclic) bond motifs is 1. The third kappa shape index (κ3) is 3.40. The van der Waals surface area contributed by atoms with E-state index in [0.717, 1.165) is 18.5 Å². The molecule has 0 aliphatic heterocycles. The second-order valence-electron chi connectivity index (χ2n) is 6.76. The van der Waals surface area contributed by atoms with Crippen LogP contribution in [0.15, 0.2) is 31.2 Å². The maximum atomic E-state index is 11.7. The molecule has 0 radical (unpaired) electrons. The summed E-state index contributed by atoms with van der Waals surface area (Å²) in [6.45, 7) is 3.52. The number of nitrogens with one attached hydrogen (secondary N) is 2. The van der Waals surface area contributed by atoms with Gasteiger partial charge in [-0.1, -0.05) is 18.2 Å². The monoisotopic (exact) mass is 401 g/mol. The Morgan fingerprint density at radius 2 is 2.29 bits per heavy atom. The second kappa shape index (κ2) is 7.16. The molecule has 0 saturated heterocycles. The molecule has 28 heavy (non-hydrogen) atoms. The molecule has 0 bridgehead atoms. The van der Waals surface area contributed by atoms with Crippen LogP contribution in [0.25, 0.3) is 11.0 Å². The summed E-state index contributed by atoms with van der Waals surface area (Å²) in [5.41, 5.74) is 1.34. The third-order valence-corrected chi connectivity index (χ3v) is 5.13. The van der Waals surface area contributed by atoms with Crippen molar-refractivity contribution in [2.45, 2.75) is 25.0 Å². The Morgan fingerprint density at radius 3 is 2.96 bits per heavy atom. The van der Waals surface area contributed by atoms with Crippen molar-refractivity contribution in [3.8, 4) is 5.88 Å². The predicted molar refractivity (Wildman–Crippen MR) is 106 cm³/mol. The topological polar surface area (TPSA) is 101 Å². The molecule has 2 N–H and O–H groups in total. The highest BCUT2D eigenvalue weighted by molar-refractivity contribution is 6.35. The van der Waals surface area contributed by atoms with Crippen molar-refractivity contribution in [3.63, 3.8) is 0 Å². The zero-order chi connectivity index (χ0) is 19.8. The first-order chi connectivity index (χ1) is 13.4. The lowest BCUT2D eigenvalue weighted by atomic mass is 9.88. The molecular formula is C18H20ClN7O2. The molecule has 1 aliphatic rings. The average Bonchev–Trinajstić information content (AvgIpc) is 3.22. The van der Waals surface area contributed by atoms with Gasteiger partial charge in [0.05, 0.1) is 22.3 Å². The average molecular weight is 402 g/mol. The molecule has 3 aromatic rings. The fraction of sp³-hybridized carbons (Fsp3) is 0.333. The highest BCUT2D eigenvalue weighted by atomic mass is 35.5. The number of halogens is 1. The number of carbonyl (C=O) groups is 1. The highest BCUT2D eigenvalue weighted by Crippen LogP contribution is 2.35. The van der Waals surface area contributed by atoms with Gasteiger partial charge in [-0.25, -0.2) is 0 Å². The standard InChI is InChI=1S/C18H20ClN7O2/c1-4-14(27)26(3)11-5-12(6-11)28-17-15-13(19)8-20-16(15)23-18(24-17)22-10-7-21-25(2)9-10/h4,7-9,11-12H,1,5-6H2,2-3H3,(H2,20,22,23,24). The van der Waals surface area contributed by atoms with E-state index in [4.69, 9.17) is 16.3 Å². The number of aromatic nitrogens is 5. The van der Waals surface area contributed by atoms with Crippen LogP contribution in [0.3, 0.4) is 0 Å². The third-order valence-electron chi connectivity index (χ3n) is 4.83. The summed E-state index contributed by atoms with van der Waals surface area (Å²) in [4.78, 5) is 25.4. The first-order valence-corrected chi connectivity index (χ1v) is 9.18. The number of hydrogen-bond acceptors (Lipinski definition) is 6. The molecule has 3 aromatic heterocycles. The van der Waals surface area contributed by atoms with E-state index in [1.807, 2.05) is 13.2 Å². The minimum absolute atomic E-state index is 0.0552. The number of aryl methyl sites for hydroxylation is 1. The number of amides is 1. The zero-order valence-electron chi connectivity index (χ0n) is 15.5. The summed E-state index contributed by atoms with van der Waals surface area (Å²) < 4.78 is 7.78. The van der Waals surface area contributed by atoms with Gasteiger partial charge < -0.3 is 19.9 Å². The first-order valence-electron chi connectivity index (χ1n) is 8.80. The lowest BCUT2D eigenvalue weighted by molar-refractivity contribution is -0.130. The number of hydrogen-bond donors (Lipinski definition) is 2. The van der Waals surface area contributed by atoms with Crippen LogP contribution in [0, 0.1) is 0 Å². The molecule has 1 fully saturated rings. The maximum Gasteiger partial charge on any atom is 0.245 e. The molecule has 3 heterocycles. The summed E-state index contributed by atoms with van der Waals surface area (Å²) in [7, 11) is 3.60. The Labute approximate surface area is 166 Å². The van der Waals surface area contributed by atoms with Crippen molar-refractivity contribution in [1.29, 1.82) is 0 Å². The molecule has 9 nitrogen and oxygen atoms in total. The van der Waals surface area contributed by atoms with Crippen LogP contribution in [0.5, 0.6) is 5.88 Å². The molecule has 1 saturated carbocycles. The Bertz CT molecular complexity index is 1040. The van der Waals surface area contributed by atoms with Gasteiger partial charge >= 0.3 is 0 Å². The number of aromatic amines is 1. The van der Waals surface area contributed by atoms with Gasteiger partial charge in [0.2, 0.25) is 17.7 Å². The van der Waals surface area contributed by atoms with Gasteiger partial charge in [0.15, 0.2) is 0 Å². The van der Waals surface area contributed by atoms with E-state index in [9.17, 15) is 4.79 Å². The Kier molecular flexibility index (Phi) is 4.68. The Balaban J connectivity index is 1.53. The molecule has 0 unspecified atom stereocenters. The van der Waals surface area contributed by atoms with Gasteiger partial charge in [-0.2, -0.15) is 15.1 Å². The number of H-pyrrole nitrogens is 1. The molecule has 0 spiro atoms. The smallest absolute Gasteiger partial charge is 0.245 e. The Hall–Kier alpha value is -3.07. The largest absolute Gasteiger partial charge is 0.474 e. The van der Waals surface area contributed by atoms with Gasteiger partial charge in [0.25, 0.3) is 0 Å². The highest BCUT2D eigenvalue weighted by Gasteiger charge is 2.36.